The molecule has 0 bridgehead atoms. The monoisotopic (exact) mass is 378 g/mol. The average Bonchev–Trinajstić information content (AvgIpc) is 2.73. The maximum absolute atomic E-state index is 12.3. The van der Waals surface area contributed by atoms with Crippen molar-refractivity contribution in [2.75, 3.05) is 18.4 Å². The normalized spacial score (nSPS) is 14.6. The van der Waals surface area contributed by atoms with Crippen LogP contribution in [0.3, 0.4) is 0 Å². The van der Waals surface area contributed by atoms with Gasteiger partial charge in [0.1, 0.15) is 0 Å². The van der Waals surface area contributed by atoms with E-state index >= 15 is 0 Å². The van der Waals surface area contributed by atoms with Crippen LogP contribution in [0, 0.1) is 0 Å². The molecule has 3 rings (SSSR count). The number of amides is 2. The van der Waals surface area contributed by atoms with E-state index in [1.807, 2.05) is 18.2 Å². The predicted molar refractivity (Wildman–Crippen MR) is 112 cm³/mol. The molecule has 2 aromatic carbocycles. The average molecular weight is 378 g/mol. The van der Waals surface area contributed by atoms with Crippen LogP contribution in [0.1, 0.15) is 47.4 Å². The lowest BCUT2D eigenvalue weighted by molar-refractivity contribution is 0.0953. The third-order valence-corrected chi connectivity index (χ3v) is 4.86. The van der Waals surface area contributed by atoms with Crippen molar-refractivity contribution in [3.05, 3.63) is 65.7 Å². The highest BCUT2D eigenvalue weighted by Crippen LogP contribution is 2.13. The number of nitrogens with one attached hydrogen (secondary N) is 2. The molecular formula is C22H26N4O2. The number of hydrogen-bond donors (Lipinski definition) is 2. The summed E-state index contributed by atoms with van der Waals surface area (Å²) in [5.41, 5.74) is 5.39. The Balaban J connectivity index is 1.53. The number of anilines is 1. The van der Waals surface area contributed by atoms with Gasteiger partial charge in [-0.3, -0.25) is 9.59 Å². The largest absolute Gasteiger partial charge is 0.322 e. The zero-order valence-corrected chi connectivity index (χ0v) is 16.3. The number of nitrogens with zero attached hydrogens (tertiary/aromatic N) is 2. The molecule has 2 N–H and O–H groups in total. The first-order valence-electron chi connectivity index (χ1n) is 9.59. The zero-order valence-electron chi connectivity index (χ0n) is 16.3. The van der Waals surface area contributed by atoms with Crippen molar-refractivity contribution < 1.29 is 9.59 Å². The molecule has 0 atom stereocenters. The summed E-state index contributed by atoms with van der Waals surface area (Å²) in [6.45, 7) is 6.33. The fraction of sp³-hybridized carbons (Fsp3) is 0.318. The molecule has 6 nitrogen and oxygen atoms in total. The van der Waals surface area contributed by atoms with Gasteiger partial charge in [-0.05, 0) is 50.2 Å². The molecule has 1 aliphatic heterocycles. The van der Waals surface area contributed by atoms with Gasteiger partial charge >= 0.3 is 0 Å². The van der Waals surface area contributed by atoms with Crippen LogP contribution in [-0.2, 0) is 0 Å². The van der Waals surface area contributed by atoms with Crippen molar-refractivity contribution in [3.63, 3.8) is 0 Å². The summed E-state index contributed by atoms with van der Waals surface area (Å²) >= 11 is 0. The predicted octanol–water partition coefficient (Wildman–Crippen LogP) is 3.53. The lowest BCUT2D eigenvalue weighted by atomic mass is 10.1. The first-order valence-corrected chi connectivity index (χ1v) is 9.59. The lowest BCUT2D eigenvalue weighted by Crippen LogP contribution is -2.39. The lowest BCUT2D eigenvalue weighted by Gasteiger charge is -2.30. The van der Waals surface area contributed by atoms with Gasteiger partial charge < -0.3 is 10.2 Å². The Morgan fingerprint density at radius 1 is 0.893 bits per heavy atom. The number of likely N-dealkylation sites (tertiary alicyclic amines) is 1. The topological polar surface area (TPSA) is 73.8 Å². The summed E-state index contributed by atoms with van der Waals surface area (Å²) in [7, 11) is 0. The van der Waals surface area contributed by atoms with E-state index in [0.717, 1.165) is 31.6 Å². The third-order valence-electron chi connectivity index (χ3n) is 4.86. The molecule has 1 saturated heterocycles. The number of hydrogen-bond acceptors (Lipinski definition) is 4. The summed E-state index contributed by atoms with van der Waals surface area (Å²) in [6, 6.07) is 16.3. The number of benzene rings is 2. The Bertz CT molecular complexity index is 835. The molecule has 0 saturated carbocycles. The van der Waals surface area contributed by atoms with Crippen LogP contribution >= 0.6 is 0 Å². The van der Waals surface area contributed by atoms with Gasteiger partial charge in [-0.2, -0.15) is 5.10 Å². The smallest absolute Gasteiger partial charge is 0.271 e. The van der Waals surface area contributed by atoms with Crippen molar-refractivity contribution in [3.8, 4) is 0 Å². The van der Waals surface area contributed by atoms with Crippen molar-refractivity contribution in [1.82, 2.24) is 10.3 Å². The molecule has 0 aromatic heterocycles. The first-order chi connectivity index (χ1) is 13.5. The van der Waals surface area contributed by atoms with Crippen LogP contribution in [0.25, 0.3) is 0 Å². The van der Waals surface area contributed by atoms with Crippen LogP contribution in [0.15, 0.2) is 59.7 Å². The fourth-order valence-electron chi connectivity index (χ4n) is 3.10. The van der Waals surface area contributed by atoms with Crippen LogP contribution < -0.4 is 10.7 Å². The Labute approximate surface area is 165 Å². The molecule has 6 heteroatoms. The van der Waals surface area contributed by atoms with Crippen molar-refractivity contribution in [2.45, 2.75) is 32.7 Å². The van der Waals surface area contributed by atoms with Gasteiger partial charge in [0.15, 0.2) is 0 Å². The van der Waals surface area contributed by atoms with Crippen LogP contribution in [0.5, 0.6) is 0 Å². The van der Waals surface area contributed by atoms with Gasteiger partial charge in [-0.15, -0.1) is 0 Å². The fourth-order valence-corrected chi connectivity index (χ4v) is 3.10. The Morgan fingerprint density at radius 3 is 2.11 bits per heavy atom. The quantitative estimate of drug-likeness (QED) is 0.782. The zero-order chi connectivity index (χ0) is 19.9. The molecule has 2 aromatic rings. The minimum atomic E-state index is -0.250. The highest BCUT2D eigenvalue weighted by atomic mass is 16.2. The number of carbonyl (C=O) groups excluding carboxylic acids is 2. The van der Waals surface area contributed by atoms with Crippen LogP contribution in [0.2, 0.25) is 0 Å². The maximum atomic E-state index is 12.3. The third kappa shape index (κ3) is 5.27. The first kappa shape index (κ1) is 19.8. The van der Waals surface area contributed by atoms with E-state index < -0.39 is 0 Å². The number of rotatable bonds is 5. The maximum Gasteiger partial charge on any atom is 0.271 e. The summed E-state index contributed by atoms with van der Waals surface area (Å²) in [5, 5.41) is 7.10. The molecular weight excluding hydrogens is 352 g/mol. The molecule has 0 radical (unpaired) electrons. The molecule has 2 amide bonds. The minimum absolute atomic E-state index is 0.183. The van der Waals surface area contributed by atoms with Crippen LogP contribution in [-0.4, -0.2) is 41.6 Å². The van der Waals surface area contributed by atoms with E-state index in [0.29, 0.717) is 22.9 Å². The van der Waals surface area contributed by atoms with E-state index in [9.17, 15) is 9.59 Å². The highest BCUT2D eigenvalue weighted by Gasteiger charge is 2.17. The van der Waals surface area contributed by atoms with E-state index in [2.05, 4.69) is 34.6 Å². The van der Waals surface area contributed by atoms with Gasteiger partial charge in [-0.1, -0.05) is 18.2 Å². The molecule has 0 aliphatic carbocycles. The molecule has 1 aliphatic rings. The SMILES string of the molecule is CC(C)N1CCC(=NNC(=O)c2ccc(NC(=O)c3ccccc3)cc2)CC1. The summed E-state index contributed by atoms with van der Waals surface area (Å²) in [5.74, 6) is -0.434. The second-order valence-electron chi connectivity index (χ2n) is 7.15. The summed E-state index contributed by atoms with van der Waals surface area (Å²) in [4.78, 5) is 26.9. The molecule has 0 spiro atoms. The minimum Gasteiger partial charge on any atom is -0.322 e. The second kappa shape index (κ2) is 9.28. The van der Waals surface area contributed by atoms with Gasteiger partial charge in [-0.25, -0.2) is 5.43 Å². The summed E-state index contributed by atoms with van der Waals surface area (Å²) < 4.78 is 0. The standard InChI is InChI=1S/C22H26N4O2/c1-16(2)26-14-12-20(13-15-26)24-25-22(28)18-8-10-19(11-9-18)23-21(27)17-6-4-3-5-7-17/h3-11,16H,12-15H2,1-2H3,(H,23,27)(H,25,28). The number of piperidine rings is 1. The van der Waals surface area contributed by atoms with Crippen LogP contribution in [0.4, 0.5) is 5.69 Å². The van der Waals surface area contributed by atoms with E-state index in [1.165, 1.54) is 0 Å². The van der Waals surface area contributed by atoms with Crippen molar-refractivity contribution >= 4 is 23.2 Å². The molecule has 1 fully saturated rings. The Hall–Kier alpha value is -2.99. The number of hydrazone groups is 1. The van der Waals surface area contributed by atoms with E-state index in [4.69, 9.17) is 0 Å². The summed E-state index contributed by atoms with van der Waals surface area (Å²) in [6.07, 6.45) is 1.76. The van der Waals surface area contributed by atoms with Crippen molar-refractivity contribution in [2.24, 2.45) is 5.10 Å². The highest BCUT2D eigenvalue weighted by molar-refractivity contribution is 6.04. The molecule has 146 valence electrons. The van der Waals surface area contributed by atoms with Gasteiger partial charge in [0.05, 0.1) is 0 Å². The number of carbonyl (C=O) groups is 2. The van der Waals surface area contributed by atoms with Gasteiger partial charge in [0, 0.05) is 54.5 Å². The molecule has 0 unspecified atom stereocenters. The molecule has 28 heavy (non-hydrogen) atoms. The Kier molecular flexibility index (Phi) is 6.55. The van der Waals surface area contributed by atoms with Gasteiger partial charge in [0.25, 0.3) is 11.8 Å². The van der Waals surface area contributed by atoms with Gasteiger partial charge in [0.2, 0.25) is 0 Å². The van der Waals surface area contributed by atoms with E-state index in [-0.39, 0.29) is 11.8 Å². The Morgan fingerprint density at radius 2 is 1.50 bits per heavy atom. The van der Waals surface area contributed by atoms with Crippen molar-refractivity contribution in [1.29, 1.82) is 0 Å². The van der Waals surface area contributed by atoms with E-state index in [1.54, 1.807) is 36.4 Å². The molecule has 1 heterocycles. The second-order valence-corrected chi connectivity index (χ2v) is 7.15.